The molecule has 0 bridgehead atoms. The van der Waals surface area contributed by atoms with Crippen molar-refractivity contribution in [2.75, 3.05) is 11.5 Å². The Balaban J connectivity index is 2.33. The Bertz CT molecular complexity index is 356. The number of hydrogen-bond donors (Lipinski definition) is 2. The van der Waals surface area contributed by atoms with Gasteiger partial charge in [-0.15, -0.1) is 0 Å². The maximum Gasteiger partial charge on any atom is 0.224 e. The van der Waals surface area contributed by atoms with Crippen molar-refractivity contribution in [3.63, 3.8) is 0 Å². The minimum absolute atomic E-state index is 0.332. The molecule has 1 aliphatic heterocycles. The number of aromatic amines is 1. The van der Waals surface area contributed by atoms with E-state index in [9.17, 15) is 0 Å². The summed E-state index contributed by atoms with van der Waals surface area (Å²) in [5.41, 5.74) is 5.54. The molecule has 1 fully saturated rings. The fourth-order valence-electron chi connectivity index (χ4n) is 1.36. The molecule has 2 heterocycles. The van der Waals surface area contributed by atoms with Gasteiger partial charge in [0.15, 0.2) is 0 Å². The van der Waals surface area contributed by atoms with E-state index in [1.807, 2.05) is 11.8 Å². The smallest absolute Gasteiger partial charge is 0.224 e. The lowest BCUT2D eigenvalue weighted by Gasteiger charge is -2.07. The minimum Gasteiger partial charge on any atom is -0.369 e. The van der Waals surface area contributed by atoms with Crippen LogP contribution in [0.4, 0.5) is 5.95 Å². The summed E-state index contributed by atoms with van der Waals surface area (Å²) in [6, 6.07) is 0. The third kappa shape index (κ3) is 2.00. The molecule has 13 heavy (non-hydrogen) atoms. The number of nitrogens with two attached hydrogens (primary N) is 1. The van der Waals surface area contributed by atoms with Crippen LogP contribution in [0.3, 0.4) is 0 Å². The maximum atomic E-state index is 5.54. The van der Waals surface area contributed by atoms with E-state index in [4.69, 9.17) is 18.0 Å². The normalized spacial score (nSPS) is 22.0. The van der Waals surface area contributed by atoms with Gasteiger partial charge in [0.25, 0.3) is 0 Å². The van der Waals surface area contributed by atoms with Gasteiger partial charge >= 0.3 is 0 Å². The number of nitrogen functional groups attached to an aromatic ring is 1. The van der Waals surface area contributed by atoms with Crippen molar-refractivity contribution in [2.45, 2.75) is 18.1 Å². The van der Waals surface area contributed by atoms with Gasteiger partial charge in [0.2, 0.25) is 10.7 Å². The highest BCUT2D eigenvalue weighted by Crippen LogP contribution is 2.37. The zero-order chi connectivity index (χ0) is 9.26. The number of H-pyrrole nitrogens is 1. The number of nitrogens with zero attached hydrogens (tertiary/aromatic N) is 2. The molecule has 1 atom stereocenters. The highest BCUT2D eigenvalue weighted by molar-refractivity contribution is 7.99. The standard InChI is InChI=1S/C7H10N4S2/c8-6-9-5(10-7(12)11-6)4-2-1-3-13-4/h4H,1-3H2,(H3,8,9,10,11,12). The quantitative estimate of drug-likeness (QED) is 0.696. The Morgan fingerprint density at radius 1 is 1.54 bits per heavy atom. The molecule has 0 saturated carbocycles. The van der Waals surface area contributed by atoms with Crippen LogP contribution in [0.2, 0.25) is 0 Å². The van der Waals surface area contributed by atoms with E-state index in [1.54, 1.807) is 0 Å². The summed E-state index contributed by atoms with van der Waals surface area (Å²) in [6.45, 7) is 0. The van der Waals surface area contributed by atoms with Gasteiger partial charge in [-0.3, -0.25) is 0 Å². The van der Waals surface area contributed by atoms with Crippen molar-refractivity contribution < 1.29 is 0 Å². The summed E-state index contributed by atoms with van der Waals surface area (Å²) in [5.74, 6) is 2.43. The Hall–Kier alpha value is -0.620. The van der Waals surface area contributed by atoms with Crippen LogP contribution >= 0.6 is 24.0 Å². The fourth-order valence-corrected chi connectivity index (χ4v) is 2.78. The SMILES string of the molecule is Nc1nc(=S)nc(C2CCCS2)[nH]1. The Labute approximate surface area is 85.4 Å². The molecule has 1 saturated heterocycles. The molecule has 1 aromatic heterocycles. The molecule has 0 spiro atoms. The zero-order valence-electron chi connectivity index (χ0n) is 6.99. The summed E-state index contributed by atoms with van der Waals surface area (Å²) in [6.07, 6.45) is 2.38. The molecular formula is C7H10N4S2. The van der Waals surface area contributed by atoms with E-state index in [-0.39, 0.29) is 0 Å². The van der Waals surface area contributed by atoms with E-state index >= 15 is 0 Å². The van der Waals surface area contributed by atoms with Crippen molar-refractivity contribution in [3.05, 3.63) is 10.6 Å². The molecule has 0 aromatic carbocycles. The average Bonchev–Trinajstić information content (AvgIpc) is 2.53. The summed E-state index contributed by atoms with van der Waals surface area (Å²) in [4.78, 5) is 10.9. The molecule has 70 valence electrons. The molecule has 0 radical (unpaired) electrons. The van der Waals surface area contributed by atoms with Crippen molar-refractivity contribution >= 4 is 29.9 Å². The zero-order valence-corrected chi connectivity index (χ0v) is 8.62. The van der Waals surface area contributed by atoms with Crippen molar-refractivity contribution in [1.82, 2.24) is 15.0 Å². The van der Waals surface area contributed by atoms with Crippen LogP contribution in [0.5, 0.6) is 0 Å². The highest BCUT2D eigenvalue weighted by atomic mass is 32.2. The minimum atomic E-state index is 0.332. The molecule has 2 rings (SSSR count). The van der Waals surface area contributed by atoms with Crippen LogP contribution in [0.1, 0.15) is 23.9 Å². The van der Waals surface area contributed by atoms with E-state index < -0.39 is 0 Å². The van der Waals surface area contributed by atoms with Crippen LogP contribution in [0.15, 0.2) is 0 Å². The van der Waals surface area contributed by atoms with Crippen LogP contribution in [0.25, 0.3) is 0 Å². The largest absolute Gasteiger partial charge is 0.369 e. The summed E-state index contributed by atoms with van der Waals surface area (Å²) in [7, 11) is 0. The molecule has 4 nitrogen and oxygen atoms in total. The lowest BCUT2D eigenvalue weighted by Crippen LogP contribution is -2.04. The highest BCUT2D eigenvalue weighted by Gasteiger charge is 2.19. The second-order valence-corrected chi connectivity index (χ2v) is 4.58. The Morgan fingerprint density at radius 3 is 3.00 bits per heavy atom. The first kappa shape index (κ1) is 8.96. The number of thioether (sulfide) groups is 1. The van der Waals surface area contributed by atoms with Gasteiger partial charge in [-0.2, -0.15) is 16.7 Å². The lowest BCUT2D eigenvalue weighted by molar-refractivity contribution is 0.766. The topological polar surface area (TPSA) is 67.6 Å². The molecule has 1 unspecified atom stereocenters. The van der Waals surface area contributed by atoms with Crippen molar-refractivity contribution in [3.8, 4) is 0 Å². The molecule has 0 aliphatic carbocycles. The first-order chi connectivity index (χ1) is 6.25. The van der Waals surface area contributed by atoms with E-state index in [2.05, 4.69) is 15.0 Å². The number of anilines is 1. The summed E-state index contributed by atoms with van der Waals surface area (Å²) < 4.78 is 0.332. The van der Waals surface area contributed by atoms with Crippen LogP contribution < -0.4 is 5.73 Å². The van der Waals surface area contributed by atoms with Gasteiger partial charge in [0.1, 0.15) is 5.82 Å². The molecule has 3 N–H and O–H groups in total. The van der Waals surface area contributed by atoms with E-state index in [0.29, 0.717) is 16.0 Å². The van der Waals surface area contributed by atoms with E-state index in [1.165, 1.54) is 12.2 Å². The molecule has 6 heteroatoms. The molecule has 1 aromatic rings. The van der Waals surface area contributed by atoms with Crippen LogP contribution in [0, 0.1) is 4.77 Å². The lowest BCUT2D eigenvalue weighted by atomic mass is 10.2. The summed E-state index contributed by atoms with van der Waals surface area (Å²) >= 11 is 6.78. The Kier molecular flexibility index (Phi) is 2.50. The third-order valence-corrected chi connectivity index (χ3v) is 3.49. The van der Waals surface area contributed by atoms with Crippen LogP contribution in [-0.2, 0) is 0 Å². The maximum absolute atomic E-state index is 5.54. The number of hydrogen-bond acceptors (Lipinski definition) is 5. The van der Waals surface area contributed by atoms with Crippen LogP contribution in [-0.4, -0.2) is 20.7 Å². The van der Waals surface area contributed by atoms with Gasteiger partial charge in [-0.1, -0.05) is 0 Å². The molecule has 1 aliphatic rings. The number of aromatic nitrogens is 3. The first-order valence-corrected chi connectivity index (χ1v) is 5.57. The number of rotatable bonds is 1. The van der Waals surface area contributed by atoms with Crippen molar-refractivity contribution in [2.24, 2.45) is 0 Å². The second kappa shape index (κ2) is 3.63. The van der Waals surface area contributed by atoms with Gasteiger partial charge in [0, 0.05) is 0 Å². The third-order valence-electron chi connectivity index (χ3n) is 1.92. The first-order valence-electron chi connectivity index (χ1n) is 4.11. The monoisotopic (exact) mass is 214 g/mol. The second-order valence-electron chi connectivity index (χ2n) is 2.90. The molecular weight excluding hydrogens is 204 g/mol. The summed E-state index contributed by atoms with van der Waals surface area (Å²) in [5, 5.41) is 0.423. The number of nitrogens with one attached hydrogen (secondary N) is 1. The average molecular weight is 214 g/mol. The molecule has 0 amide bonds. The predicted molar refractivity (Wildman–Crippen MR) is 56.1 cm³/mol. The Morgan fingerprint density at radius 2 is 2.38 bits per heavy atom. The van der Waals surface area contributed by atoms with E-state index in [0.717, 1.165) is 12.2 Å². The fraction of sp³-hybridized carbons (Fsp3) is 0.571. The van der Waals surface area contributed by atoms with Gasteiger partial charge in [0.05, 0.1) is 5.25 Å². The van der Waals surface area contributed by atoms with Gasteiger partial charge < -0.3 is 10.7 Å². The predicted octanol–water partition coefficient (Wildman–Crippen LogP) is 1.68. The van der Waals surface area contributed by atoms with Gasteiger partial charge in [-0.25, -0.2) is 4.98 Å². The van der Waals surface area contributed by atoms with Crippen molar-refractivity contribution in [1.29, 1.82) is 0 Å². The van der Waals surface area contributed by atoms with Gasteiger partial charge in [-0.05, 0) is 30.8 Å².